The summed E-state index contributed by atoms with van der Waals surface area (Å²) in [5, 5.41) is 0. The molecule has 2 saturated carbocycles. The summed E-state index contributed by atoms with van der Waals surface area (Å²) >= 11 is 1.24. The van der Waals surface area contributed by atoms with E-state index in [4.69, 9.17) is 34.2 Å². The zero-order valence-corrected chi connectivity index (χ0v) is 27.6. The lowest BCUT2D eigenvalue weighted by atomic mass is 9.90. The number of esters is 2. The Balaban J connectivity index is 0.000000812. The fourth-order valence-electron chi connectivity index (χ4n) is 4.85. The highest BCUT2D eigenvalue weighted by Crippen LogP contribution is 2.64. The lowest BCUT2D eigenvalue weighted by molar-refractivity contribution is -0.161. The second kappa shape index (κ2) is 17.2. The van der Waals surface area contributed by atoms with Crippen LogP contribution in [0.25, 0.3) is 0 Å². The maximum atomic E-state index is 13.6. The number of nitrogens with two attached hydrogens (primary N) is 1. The van der Waals surface area contributed by atoms with E-state index in [1.807, 2.05) is 0 Å². The predicted molar refractivity (Wildman–Crippen MR) is 157 cm³/mol. The summed E-state index contributed by atoms with van der Waals surface area (Å²) in [6.45, 7) is 10.5. The van der Waals surface area contributed by atoms with Gasteiger partial charge in [-0.3, -0.25) is 9.59 Å². The number of carbonyl (C=O) groups excluding carboxylic acids is 5. The molecule has 5 atom stereocenters. The Kier molecular flexibility index (Phi) is 14.3. The van der Waals surface area contributed by atoms with Gasteiger partial charge < -0.3 is 38.9 Å². The number of primary amides is 1. The van der Waals surface area contributed by atoms with Gasteiger partial charge in [-0.2, -0.15) is 0 Å². The molecule has 0 heterocycles. The van der Waals surface area contributed by atoms with Gasteiger partial charge >= 0.3 is 30.3 Å². The lowest BCUT2D eigenvalue weighted by Crippen LogP contribution is -2.30. The van der Waals surface area contributed by atoms with Gasteiger partial charge in [0.2, 0.25) is 13.6 Å². The van der Waals surface area contributed by atoms with Crippen molar-refractivity contribution in [2.45, 2.75) is 77.6 Å². The van der Waals surface area contributed by atoms with Gasteiger partial charge in [-0.1, -0.05) is 0 Å². The van der Waals surface area contributed by atoms with Crippen LogP contribution in [-0.2, 0) is 42.7 Å². The maximum absolute atomic E-state index is 13.6. The van der Waals surface area contributed by atoms with Gasteiger partial charge in [0.25, 0.3) is 0 Å². The summed E-state index contributed by atoms with van der Waals surface area (Å²) in [6, 6.07) is 3.53. The highest BCUT2D eigenvalue weighted by atomic mass is 32.2. The molecule has 46 heavy (non-hydrogen) atoms. The summed E-state index contributed by atoms with van der Waals surface area (Å²) in [7, 11) is 0. The summed E-state index contributed by atoms with van der Waals surface area (Å²) in [5.74, 6) is -5.01. The average molecular weight is 678 g/mol. The molecular formula is C30H41F2NO12S. The van der Waals surface area contributed by atoms with Gasteiger partial charge in [0.1, 0.15) is 5.60 Å². The third-order valence-electron chi connectivity index (χ3n) is 6.45. The second-order valence-corrected chi connectivity index (χ2v) is 13.1. The highest BCUT2D eigenvalue weighted by Gasteiger charge is 2.67. The number of fused-ring (bicyclic) bond motifs is 1. The molecule has 0 spiro atoms. The van der Waals surface area contributed by atoms with E-state index in [2.05, 4.69) is 4.74 Å². The summed E-state index contributed by atoms with van der Waals surface area (Å²) in [5.41, 5.74) is 4.26. The first-order chi connectivity index (χ1) is 21.4. The first-order valence-corrected chi connectivity index (χ1v) is 15.4. The van der Waals surface area contributed by atoms with E-state index >= 15 is 0 Å². The van der Waals surface area contributed by atoms with Crippen LogP contribution >= 0.6 is 11.8 Å². The van der Waals surface area contributed by atoms with Crippen molar-refractivity contribution >= 4 is 42.1 Å². The molecule has 16 heteroatoms. The molecule has 3 rings (SSSR count). The Labute approximate surface area is 270 Å². The molecule has 0 saturated heterocycles. The van der Waals surface area contributed by atoms with Crippen LogP contribution in [0, 0.1) is 41.2 Å². The number of thioether (sulfide) groups is 1. The minimum absolute atomic E-state index is 0.176. The molecule has 1 amide bonds. The first kappa shape index (κ1) is 38.4. The van der Waals surface area contributed by atoms with Crippen molar-refractivity contribution < 1.29 is 65.9 Å². The van der Waals surface area contributed by atoms with Gasteiger partial charge in [0, 0.05) is 10.6 Å². The molecule has 0 bridgehead atoms. The Bertz CT molecular complexity index is 1240. The van der Waals surface area contributed by atoms with Crippen LogP contribution in [0.5, 0.6) is 0 Å². The van der Waals surface area contributed by atoms with Crippen molar-refractivity contribution in [2.75, 3.05) is 19.3 Å². The quantitative estimate of drug-likeness (QED) is 0.133. The van der Waals surface area contributed by atoms with Crippen LogP contribution in [0.2, 0.25) is 0 Å². The van der Waals surface area contributed by atoms with Crippen molar-refractivity contribution in [3.63, 3.8) is 0 Å². The molecule has 5 unspecified atom stereocenters. The number of hydrogen-bond donors (Lipinski definition) is 1. The maximum Gasteiger partial charge on any atom is 0.511 e. The Morgan fingerprint density at radius 2 is 1.37 bits per heavy atom. The van der Waals surface area contributed by atoms with Crippen LogP contribution in [0.3, 0.4) is 0 Å². The molecule has 2 N–H and O–H groups in total. The summed E-state index contributed by atoms with van der Waals surface area (Å²) < 4.78 is 60.7. The van der Waals surface area contributed by atoms with E-state index < -0.39 is 91.1 Å². The van der Waals surface area contributed by atoms with Crippen molar-refractivity contribution in [1.82, 2.24) is 0 Å². The fourth-order valence-corrected chi connectivity index (χ4v) is 5.95. The zero-order valence-electron chi connectivity index (χ0n) is 26.7. The molecule has 1 aromatic carbocycles. The second-order valence-electron chi connectivity index (χ2n) is 12.0. The molecule has 2 aliphatic carbocycles. The minimum atomic E-state index is -0.994. The van der Waals surface area contributed by atoms with E-state index in [1.54, 1.807) is 48.5 Å². The predicted octanol–water partition coefficient (Wildman–Crippen LogP) is 5.56. The monoisotopic (exact) mass is 677 g/mol. The molecular weight excluding hydrogens is 636 g/mol. The number of rotatable bonds is 11. The Morgan fingerprint density at radius 1 is 0.848 bits per heavy atom. The minimum Gasteiger partial charge on any atom is -0.444 e. The standard InChI is InChI=1S/C25H30F2O10S.C5H11NO2/c1-12(2)36-24(30)34-10-32-22(28)19-14(9-38-15-5-6-17(26)18(27)8-15)7-16-20(19)21(16)23(29)33-11-35-25(31)37-13(3)4;1-5(2,3)8-4(6)7/h5-6,8,12-14,16,19-21H,7,9-11H2,1-4H3;1-3H3,(H2,6,7). The molecule has 13 nitrogen and oxygen atoms in total. The molecule has 0 radical (unpaired) electrons. The molecule has 1 aromatic rings. The number of benzene rings is 1. The normalized spacial score (nSPS) is 21.2. The van der Waals surface area contributed by atoms with Crippen LogP contribution < -0.4 is 5.73 Å². The highest BCUT2D eigenvalue weighted by molar-refractivity contribution is 7.99. The molecule has 258 valence electrons. The largest absolute Gasteiger partial charge is 0.511 e. The fraction of sp³-hybridized carbons (Fsp3) is 0.633. The van der Waals surface area contributed by atoms with Crippen molar-refractivity contribution in [2.24, 2.45) is 35.3 Å². The van der Waals surface area contributed by atoms with Gasteiger partial charge in [0.05, 0.1) is 24.0 Å². The van der Waals surface area contributed by atoms with Gasteiger partial charge in [-0.05, 0) is 90.8 Å². The van der Waals surface area contributed by atoms with Crippen molar-refractivity contribution in [3.8, 4) is 0 Å². The SMILES string of the molecule is CC(C)(C)OC(N)=O.CC(C)OC(=O)OCOC(=O)C1C(CSc2ccc(F)c(F)c2)CC2C(C(=O)OCOC(=O)OC(C)C)C21. The van der Waals surface area contributed by atoms with Gasteiger partial charge in [-0.15, -0.1) is 11.8 Å². The molecule has 0 aliphatic heterocycles. The summed E-state index contributed by atoms with van der Waals surface area (Å²) in [6.07, 6.45) is -3.03. The lowest BCUT2D eigenvalue weighted by Gasteiger charge is -2.22. The third kappa shape index (κ3) is 12.9. The number of hydrogen-bond acceptors (Lipinski definition) is 13. The van der Waals surface area contributed by atoms with Crippen molar-refractivity contribution in [3.05, 3.63) is 29.8 Å². The number of ether oxygens (including phenoxy) is 7. The molecule has 2 fully saturated rings. The Hall–Kier alpha value is -3.82. The topological polar surface area (TPSA) is 176 Å². The van der Waals surface area contributed by atoms with Crippen LogP contribution in [0.15, 0.2) is 23.1 Å². The third-order valence-corrected chi connectivity index (χ3v) is 7.64. The molecule has 0 aromatic heterocycles. The van der Waals surface area contributed by atoms with Crippen LogP contribution in [-0.4, -0.2) is 67.5 Å². The average Bonchev–Trinajstić information content (AvgIpc) is 3.47. The van der Waals surface area contributed by atoms with Gasteiger partial charge in [-0.25, -0.2) is 23.2 Å². The van der Waals surface area contributed by atoms with Crippen LogP contribution in [0.4, 0.5) is 23.2 Å². The first-order valence-electron chi connectivity index (χ1n) is 14.5. The van der Waals surface area contributed by atoms with E-state index in [1.165, 1.54) is 17.8 Å². The molecule has 2 aliphatic rings. The van der Waals surface area contributed by atoms with E-state index in [9.17, 15) is 32.8 Å². The Morgan fingerprint density at radius 3 is 1.80 bits per heavy atom. The number of carbonyl (C=O) groups is 5. The van der Waals surface area contributed by atoms with Crippen molar-refractivity contribution in [1.29, 1.82) is 0 Å². The van der Waals surface area contributed by atoms with E-state index in [0.29, 0.717) is 17.1 Å². The van der Waals surface area contributed by atoms with E-state index in [0.717, 1.165) is 12.1 Å². The van der Waals surface area contributed by atoms with E-state index in [-0.39, 0.29) is 11.8 Å². The van der Waals surface area contributed by atoms with Crippen LogP contribution in [0.1, 0.15) is 54.9 Å². The number of amides is 1. The number of halogens is 2. The zero-order chi connectivity index (χ0) is 34.8. The smallest absolute Gasteiger partial charge is 0.444 e. The summed E-state index contributed by atoms with van der Waals surface area (Å²) in [4.78, 5) is 59.0. The van der Waals surface area contributed by atoms with Gasteiger partial charge in [0.15, 0.2) is 11.6 Å².